The van der Waals surface area contributed by atoms with E-state index in [1.54, 1.807) is 6.26 Å². The molecule has 1 aliphatic rings. The molecule has 2 aromatic carbocycles. The topological polar surface area (TPSA) is 50.0 Å². The Balaban J connectivity index is 1.56. The Bertz CT molecular complexity index is 1310. The fraction of sp³-hybridized carbons (Fsp3) is 0.208. The zero-order valence-electron chi connectivity index (χ0n) is 16.3. The molecule has 1 aliphatic heterocycles. The fourth-order valence-electron chi connectivity index (χ4n) is 4.76. The minimum absolute atomic E-state index is 0.0497. The highest BCUT2D eigenvalue weighted by Gasteiger charge is 2.35. The molecule has 3 aromatic heterocycles. The molecule has 0 unspecified atom stereocenters. The Morgan fingerprint density at radius 2 is 1.93 bits per heavy atom. The Morgan fingerprint density at radius 3 is 2.79 bits per heavy atom. The van der Waals surface area contributed by atoms with Crippen molar-refractivity contribution in [3.05, 3.63) is 89.8 Å². The van der Waals surface area contributed by atoms with E-state index in [1.165, 1.54) is 22.2 Å². The summed E-state index contributed by atoms with van der Waals surface area (Å²) in [5.74, 6) is 2.04. The second kappa shape index (κ2) is 6.36. The lowest BCUT2D eigenvalue weighted by molar-refractivity contribution is 0.178. The van der Waals surface area contributed by atoms with Gasteiger partial charge < -0.3 is 14.0 Å². The largest absolute Gasteiger partial charge is 0.468 e. The van der Waals surface area contributed by atoms with Crippen molar-refractivity contribution < 1.29 is 4.42 Å². The molecule has 0 aliphatic carbocycles. The Hall–Kier alpha value is -3.31. The summed E-state index contributed by atoms with van der Waals surface area (Å²) in [6, 6.07) is 21.0. The molecule has 5 aromatic rings. The lowest BCUT2D eigenvalue weighted by atomic mass is 9.96. The van der Waals surface area contributed by atoms with Crippen LogP contribution in [0.25, 0.3) is 21.9 Å². The standard InChI is InChI=1S/C24H22N4O/c1-27-21-11-5-4-10-20(21)26-24(27)23-22-18(17-8-2-3-9-19(17)25-22)12-13-28(23)15-16-7-6-14-29-16/h2-11,14,23,25H,12-13,15H2,1H3/t23-/m0/s1. The van der Waals surface area contributed by atoms with Gasteiger partial charge in [-0.2, -0.15) is 0 Å². The normalized spacial score (nSPS) is 17.2. The highest BCUT2D eigenvalue weighted by molar-refractivity contribution is 5.85. The van der Waals surface area contributed by atoms with Crippen LogP contribution in [-0.4, -0.2) is 26.0 Å². The van der Waals surface area contributed by atoms with Crippen LogP contribution in [-0.2, 0) is 20.0 Å². The van der Waals surface area contributed by atoms with Gasteiger partial charge >= 0.3 is 0 Å². The van der Waals surface area contributed by atoms with Crippen LogP contribution in [0.1, 0.15) is 28.9 Å². The second-order valence-corrected chi connectivity index (χ2v) is 7.78. The molecule has 0 saturated heterocycles. The zero-order valence-corrected chi connectivity index (χ0v) is 16.3. The number of furan rings is 1. The number of fused-ring (bicyclic) bond motifs is 4. The summed E-state index contributed by atoms with van der Waals surface area (Å²) < 4.78 is 7.91. The molecule has 29 heavy (non-hydrogen) atoms. The predicted molar refractivity (Wildman–Crippen MR) is 114 cm³/mol. The third kappa shape index (κ3) is 2.54. The van der Waals surface area contributed by atoms with Gasteiger partial charge in [0.2, 0.25) is 0 Å². The summed E-state index contributed by atoms with van der Waals surface area (Å²) in [7, 11) is 2.12. The number of hydrogen-bond donors (Lipinski definition) is 1. The SMILES string of the molecule is Cn1c([C@@H]2c3[nH]c4ccccc4c3CCN2Cc2ccco2)nc2ccccc21. The maximum absolute atomic E-state index is 5.68. The van der Waals surface area contributed by atoms with Gasteiger partial charge in [-0.1, -0.05) is 30.3 Å². The van der Waals surface area contributed by atoms with E-state index in [2.05, 4.69) is 70.0 Å². The molecule has 1 N–H and O–H groups in total. The quantitative estimate of drug-likeness (QED) is 0.488. The molecule has 0 spiro atoms. The Labute approximate surface area is 168 Å². The number of aromatic amines is 1. The van der Waals surface area contributed by atoms with Crippen LogP contribution in [0.4, 0.5) is 0 Å². The molecule has 1 atom stereocenters. The van der Waals surface area contributed by atoms with Crippen molar-refractivity contribution in [2.24, 2.45) is 7.05 Å². The lowest BCUT2D eigenvalue weighted by Crippen LogP contribution is -2.36. The zero-order chi connectivity index (χ0) is 19.4. The average Bonchev–Trinajstić information content (AvgIpc) is 3.46. The first kappa shape index (κ1) is 16.6. The van der Waals surface area contributed by atoms with Gasteiger partial charge in [-0.25, -0.2) is 4.98 Å². The van der Waals surface area contributed by atoms with E-state index in [1.807, 2.05) is 12.1 Å². The van der Waals surface area contributed by atoms with Crippen LogP contribution in [0.5, 0.6) is 0 Å². The first-order chi connectivity index (χ1) is 14.3. The van der Waals surface area contributed by atoms with Crippen LogP contribution in [0, 0.1) is 0 Å². The van der Waals surface area contributed by atoms with Crippen LogP contribution in [0.15, 0.2) is 71.3 Å². The Morgan fingerprint density at radius 1 is 1.07 bits per heavy atom. The van der Waals surface area contributed by atoms with Crippen LogP contribution < -0.4 is 0 Å². The molecular weight excluding hydrogens is 360 g/mol. The maximum Gasteiger partial charge on any atom is 0.133 e. The Kier molecular flexibility index (Phi) is 3.64. The summed E-state index contributed by atoms with van der Waals surface area (Å²) in [4.78, 5) is 11.2. The third-order valence-corrected chi connectivity index (χ3v) is 6.14. The van der Waals surface area contributed by atoms with Crippen molar-refractivity contribution in [3.63, 3.8) is 0 Å². The number of benzene rings is 2. The number of aromatic nitrogens is 3. The number of rotatable bonds is 3. The third-order valence-electron chi connectivity index (χ3n) is 6.14. The van der Waals surface area contributed by atoms with Crippen molar-refractivity contribution in [1.82, 2.24) is 19.4 Å². The number of hydrogen-bond acceptors (Lipinski definition) is 3. The van der Waals surface area contributed by atoms with Gasteiger partial charge in [-0.15, -0.1) is 0 Å². The molecular formula is C24H22N4O. The molecule has 144 valence electrons. The van der Waals surface area contributed by atoms with Gasteiger partial charge in [0, 0.05) is 30.2 Å². The first-order valence-corrected chi connectivity index (χ1v) is 10.1. The van der Waals surface area contributed by atoms with Gasteiger partial charge in [0.1, 0.15) is 17.6 Å². The molecule has 4 heterocycles. The van der Waals surface area contributed by atoms with Gasteiger partial charge in [0.25, 0.3) is 0 Å². The number of H-pyrrole nitrogens is 1. The first-order valence-electron chi connectivity index (χ1n) is 10.1. The number of para-hydroxylation sites is 3. The second-order valence-electron chi connectivity index (χ2n) is 7.78. The van der Waals surface area contributed by atoms with Gasteiger partial charge in [0.15, 0.2) is 0 Å². The molecule has 0 fully saturated rings. The summed E-state index contributed by atoms with van der Waals surface area (Å²) in [5, 5.41) is 1.32. The van der Waals surface area contributed by atoms with Gasteiger partial charge in [-0.05, 0) is 42.3 Å². The smallest absolute Gasteiger partial charge is 0.133 e. The van der Waals surface area contributed by atoms with Crippen LogP contribution >= 0.6 is 0 Å². The van der Waals surface area contributed by atoms with Crippen molar-refractivity contribution in [3.8, 4) is 0 Å². The number of imidazole rings is 1. The molecule has 0 bridgehead atoms. The molecule has 0 saturated carbocycles. The summed E-state index contributed by atoms with van der Waals surface area (Å²) in [6.07, 6.45) is 2.76. The molecule has 6 rings (SSSR count). The minimum atomic E-state index is 0.0497. The van der Waals surface area contributed by atoms with Crippen molar-refractivity contribution in [2.45, 2.75) is 19.0 Å². The highest BCUT2D eigenvalue weighted by atomic mass is 16.3. The van der Waals surface area contributed by atoms with Crippen LogP contribution in [0.3, 0.4) is 0 Å². The number of nitrogens with zero attached hydrogens (tertiary/aromatic N) is 3. The van der Waals surface area contributed by atoms with Crippen molar-refractivity contribution in [2.75, 3.05) is 6.54 Å². The molecule has 5 heteroatoms. The molecule has 0 amide bonds. The van der Waals surface area contributed by atoms with Gasteiger partial charge in [0.05, 0.1) is 23.8 Å². The summed E-state index contributed by atoms with van der Waals surface area (Å²) in [5.41, 5.74) is 6.05. The maximum atomic E-state index is 5.68. The van der Waals surface area contributed by atoms with E-state index in [0.717, 1.165) is 42.1 Å². The van der Waals surface area contributed by atoms with E-state index in [9.17, 15) is 0 Å². The average molecular weight is 382 g/mol. The summed E-state index contributed by atoms with van der Waals surface area (Å²) >= 11 is 0. The monoisotopic (exact) mass is 382 g/mol. The number of aryl methyl sites for hydroxylation is 1. The van der Waals surface area contributed by atoms with E-state index < -0.39 is 0 Å². The molecule has 0 radical (unpaired) electrons. The lowest BCUT2D eigenvalue weighted by Gasteiger charge is -2.34. The van der Waals surface area contributed by atoms with E-state index >= 15 is 0 Å². The van der Waals surface area contributed by atoms with Crippen LogP contribution in [0.2, 0.25) is 0 Å². The highest BCUT2D eigenvalue weighted by Crippen LogP contribution is 2.39. The van der Waals surface area contributed by atoms with Crippen molar-refractivity contribution in [1.29, 1.82) is 0 Å². The van der Waals surface area contributed by atoms with E-state index in [4.69, 9.17) is 9.40 Å². The number of nitrogens with one attached hydrogen (secondary N) is 1. The molecule has 5 nitrogen and oxygen atoms in total. The van der Waals surface area contributed by atoms with E-state index in [-0.39, 0.29) is 6.04 Å². The van der Waals surface area contributed by atoms with Gasteiger partial charge in [-0.3, -0.25) is 4.90 Å². The van der Waals surface area contributed by atoms with Crippen molar-refractivity contribution >= 4 is 21.9 Å². The minimum Gasteiger partial charge on any atom is -0.468 e. The predicted octanol–water partition coefficient (Wildman–Crippen LogP) is 4.80. The van der Waals surface area contributed by atoms with E-state index in [0.29, 0.717) is 0 Å². The summed E-state index contributed by atoms with van der Waals surface area (Å²) in [6.45, 7) is 1.72. The fourth-order valence-corrected chi connectivity index (χ4v) is 4.76.